The van der Waals surface area contributed by atoms with E-state index in [1.807, 2.05) is 38.1 Å². The molecule has 3 amide bonds. The molecular weight excluding hydrogens is 430 g/mol. The minimum Gasteiger partial charge on any atom is -0.352 e. The van der Waals surface area contributed by atoms with Gasteiger partial charge in [0.2, 0.25) is 0 Å². The third kappa shape index (κ3) is 6.26. The van der Waals surface area contributed by atoms with Crippen molar-refractivity contribution in [3.05, 3.63) is 63.1 Å². The number of urea groups is 1. The number of carbonyl (C=O) groups excluding carboxylic acids is 2. The number of nitrogens with zero attached hydrogens (tertiary/aromatic N) is 1. The highest BCUT2D eigenvalue weighted by Crippen LogP contribution is 2.22. The summed E-state index contributed by atoms with van der Waals surface area (Å²) in [6.07, 6.45) is 0. The summed E-state index contributed by atoms with van der Waals surface area (Å²) in [6, 6.07) is 12.3. The highest BCUT2D eigenvalue weighted by Gasteiger charge is 2.14. The van der Waals surface area contributed by atoms with Crippen LogP contribution in [-0.2, 0) is 6.54 Å². The average molecular weight is 453 g/mol. The summed E-state index contributed by atoms with van der Waals surface area (Å²) < 4.78 is 0.949. The van der Waals surface area contributed by atoms with Crippen LogP contribution in [-0.4, -0.2) is 30.4 Å². The monoisotopic (exact) mass is 451 g/mol. The largest absolute Gasteiger partial charge is 0.352 e. The van der Waals surface area contributed by atoms with E-state index < -0.39 is 0 Å². The topological polar surface area (TPSA) is 61.4 Å². The highest BCUT2D eigenvalue weighted by molar-refractivity contribution is 9.10. The van der Waals surface area contributed by atoms with Crippen LogP contribution in [0.2, 0.25) is 5.02 Å². The van der Waals surface area contributed by atoms with Crippen LogP contribution in [0.25, 0.3) is 0 Å². The van der Waals surface area contributed by atoms with Crippen molar-refractivity contribution in [3.8, 4) is 0 Å². The summed E-state index contributed by atoms with van der Waals surface area (Å²) in [7, 11) is 1.71. The molecule has 0 unspecified atom stereocenters. The summed E-state index contributed by atoms with van der Waals surface area (Å²) in [5, 5.41) is 5.91. The summed E-state index contributed by atoms with van der Waals surface area (Å²) in [5.74, 6) is 0.129. The summed E-state index contributed by atoms with van der Waals surface area (Å²) in [5.41, 5.74) is 1.92. The Morgan fingerprint density at radius 3 is 2.52 bits per heavy atom. The lowest BCUT2D eigenvalue weighted by Crippen LogP contribution is -2.31. The van der Waals surface area contributed by atoms with Gasteiger partial charge in [0.1, 0.15) is 0 Å². The third-order valence-corrected chi connectivity index (χ3v) is 4.93. The number of nitrogens with one attached hydrogen (secondary N) is 2. The van der Waals surface area contributed by atoms with Crippen molar-refractivity contribution in [1.29, 1.82) is 0 Å². The predicted octanol–water partition coefficient (Wildman–Crippen LogP) is 5.15. The van der Waals surface area contributed by atoms with Crippen LogP contribution >= 0.6 is 27.5 Å². The lowest BCUT2D eigenvalue weighted by atomic mass is 10.1. The number of anilines is 1. The van der Waals surface area contributed by atoms with E-state index in [4.69, 9.17) is 11.6 Å². The first-order valence-electron chi connectivity index (χ1n) is 8.61. The first kappa shape index (κ1) is 21.3. The Hall–Kier alpha value is -2.05. The van der Waals surface area contributed by atoms with E-state index in [-0.39, 0.29) is 11.9 Å². The zero-order chi connectivity index (χ0) is 20.0. The zero-order valence-electron chi connectivity index (χ0n) is 15.6. The summed E-state index contributed by atoms with van der Waals surface area (Å²) in [6.45, 7) is 5.07. The van der Waals surface area contributed by atoms with Crippen molar-refractivity contribution < 1.29 is 9.59 Å². The second-order valence-corrected chi connectivity index (χ2v) is 7.94. The second kappa shape index (κ2) is 9.76. The third-order valence-electron chi connectivity index (χ3n) is 3.85. The molecule has 2 rings (SSSR count). The molecule has 0 aliphatic carbocycles. The molecule has 7 heteroatoms. The molecule has 0 aromatic heterocycles. The first-order valence-corrected chi connectivity index (χ1v) is 9.78. The minimum absolute atomic E-state index is 0.224. The maximum Gasteiger partial charge on any atom is 0.321 e. The van der Waals surface area contributed by atoms with Crippen molar-refractivity contribution in [1.82, 2.24) is 10.2 Å². The van der Waals surface area contributed by atoms with E-state index in [0.29, 0.717) is 35.3 Å². The molecule has 2 N–H and O–H groups in total. The molecule has 0 atom stereocenters. The van der Waals surface area contributed by atoms with E-state index in [0.717, 1.165) is 10.0 Å². The number of hydrogen-bond donors (Lipinski definition) is 2. The molecule has 144 valence electrons. The van der Waals surface area contributed by atoms with Gasteiger partial charge in [-0.3, -0.25) is 4.79 Å². The fraction of sp³-hybridized carbons (Fsp3) is 0.300. The highest BCUT2D eigenvalue weighted by atomic mass is 79.9. The SMILES string of the molecule is CC(C)CNC(=O)c1ccc(NC(=O)N(C)Cc2ccccc2Br)cc1Cl. The van der Waals surface area contributed by atoms with Crippen LogP contribution in [0.15, 0.2) is 46.9 Å². The van der Waals surface area contributed by atoms with Gasteiger partial charge in [-0.05, 0) is 35.7 Å². The fourth-order valence-electron chi connectivity index (χ4n) is 2.34. The standard InChI is InChI=1S/C20H23BrClN3O2/c1-13(2)11-23-19(26)16-9-8-15(10-18(16)22)24-20(27)25(3)12-14-6-4-5-7-17(14)21/h4-10,13H,11-12H2,1-3H3,(H,23,26)(H,24,27). The van der Waals surface area contributed by atoms with E-state index >= 15 is 0 Å². The summed E-state index contributed by atoms with van der Waals surface area (Å²) in [4.78, 5) is 26.1. The Morgan fingerprint density at radius 1 is 1.19 bits per heavy atom. The maximum atomic E-state index is 12.4. The number of carbonyl (C=O) groups is 2. The molecule has 0 spiro atoms. The van der Waals surface area contributed by atoms with Gasteiger partial charge in [-0.15, -0.1) is 0 Å². The van der Waals surface area contributed by atoms with Gasteiger partial charge >= 0.3 is 6.03 Å². The van der Waals surface area contributed by atoms with Gasteiger partial charge in [-0.2, -0.15) is 0 Å². The Bertz CT molecular complexity index is 827. The van der Waals surface area contributed by atoms with Crippen molar-refractivity contribution in [2.45, 2.75) is 20.4 Å². The quantitative estimate of drug-likeness (QED) is 0.636. The number of halogens is 2. The first-order chi connectivity index (χ1) is 12.8. The molecule has 0 saturated heterocycles. The van der Waals surface area contributed by atoms with E-state index in [2.05, 4.69) is 26.6 Å². The number of hydrogen-bond acceptors (Lipinski definition) is 2. The fourth-order valence-corrected chi connectivity index (χ4v) is 3.02. The molecule has 0 heterocycles. The number of amides is 3. The number of rotatable bonds is 6. The average Bonchev–Trinajstić information content (AvgIpc) is 2.61. The second-order valence-electron chi connectivity index (χ2n) is 6.68. The summed E-state index contributed by atoms with van der Waals surface area (Å²) >= 11 is 9.70. The molecule has 0 fully saturated rings. The van der Waals surface area contributed by atoms with E-state index in [1.54, 1.807) is 30.1 Å². The molecule has 0 aliphatic heterocycles. The Labute approximate surface area is 173 Å². The Morgan fingerprint density at radius 2 is 1.89 bits per heavy atom. The van der Waals surface area contributed by atoms with Gasteiger partial charge in [-0.1, -0.05) is 59.6 Å². The van der Waals surface area contributed by atoms with Crippen molar-refractivity contribution in [3.63, 3.8) is 0 Å². The molecule has 0 saturated carbocycles. The normalized spacial score (nSPS) is 10.6. The van der Waals surface area contributed by atoms with Crippen LogP contribution < -0.4 is 10.6 Å². The van der Waals surface area contributed by atoms with Crippen LogP contribution in [0.4, 0.5) is 10.5 Å². The van der Waals surface area contributed by atoms with E-state index in [9.17, 15) is 9.59 Å². The van der Waals surface area contributed by atoms with Crippen LogP contribution in [0.3, 0.4) is 0 Å². The molecule has 2 aromatic rings. The van der Waals surface area contributed by atoms with Crippen molar-refractivity contribution in [2.75, 3.05) is 18.9 Å². The smallest absolute Gasteiger partial charge is 0.321 e. The lowest BCUT2D eigenvalue weighted by Gasteiger charge is -2.19. The van der Waals surface area contributed by atoms with Crippen LogP contribution in [0, 0.1) is 5.92 Å². The molecule has 5 nitrogen and oxygen atoms in total. The predicted molar refractivity (Wildman–Crippen MR) is 113 cm³/mol. The molecule has 2 aromatic carbocycles. The van der Waals surface area contributed by atoms with Crippen LogP contribution in [0.1, 0.15) is 29.8 Å². The van der Waals surface area contributed by atoms with Gasteiger partial charge in [0.15, 0.2) is 0 Å². The molecular formula is C20H23BrClN3O2. The Kier molecular flexibility index (Phi) is 7.68. The van der Waals surface area contributed by atoms with Crippen molar-refractivity contribution >= 4 is 45.2 Å². The van der Waals surface area contributed by atoms with Gasteiger partial charge in [-0.25, -0.2) is 4.79 Å². The molecule has 0 radical (unpaired) electrons. The van der Waals surface area contributed by atoms with Crippen LogP contribution in [0.5, 0.6) is 0 Å². The van der Waals surface area contributed by atoms with Gasteiger partial charge in [0.25, 0.3) is 5.91 Å². The molecule has 0 bridgehead atoms. The lowest BCUT2D eigenvalue weighted by molar-refractivity contribution is 0.0949. The minimum atomic E-state index is -0.265. The van der Waals surface area contributed by atoms with Gasteiger partial charge < -0.3 is 15.5 Å². The Balaban J connectivity index is 2.00. The van der Waals surface area contributed by atoms with Gasteiger partial charge in [0.05, 0.1) is 10.6 Å². The number of benzene rings is 2. The molecule has 0 aliphatic rings. The van der Waals surface area contributed by atoms with Gasteiger partial charge in [0, 0.05) is 30.3 Å². The van der Waals surface area contributed by atoms with Crippen molar-refractivity contribution in [2.24, 2.45) is 5.92 Å². The maximum absolute atomic E-state index is 12.4. The zero-order valence-corrected chi connectivity index (χ0v) is 17.9. The van der Waals surface area contributed by atoms with E-state index in [1.165, 1.54) is 0 Å². The molecule has 27 heavy (non-hydrogen) atoms.